The van der Waals surface area contributed by atoms with E-state index in [0.29, 0.717) is 19.4 Å². The molecule has 3 unspecified atom stereocenters. The molecule has 0 heterocycles. The summed E-state index contributed by atoms with van der Waals surface area (Å²) in [5.74, 6) is -5.67. The fourth-order valence-corrected chi connectivity index (χ4v) is 5.14. The molecule has 0 aliphatic heterocycles. The molecule has 49 heavy (non-hydrogen) atoms. The zero-order valence-electron chi connectivity index (χ0n) is 29.5. The molecule has 0 aliphatic carbocycles. The summed E-state index contributed by atoms with van der Waals surface area (Å²) in [5, 5.41) is 40.3. The van der Waals surface area contributed by atoms with Crippen molar-refractivity contribution in [3.05, 3.63) is 0 Å². The highest BCUT2D eigenvalue weighted by Gasteiger charge is 2.29. The molecule has 0 rings (SSSR count). The van der Waals surface area contributed by atoms with Crippen LogP contribution < -0.4 is 26.6 Å². The monoisotopic (exact) mass is 699 g/mol. The van der Waals surface area contributed by atoms with Gasteiger partial charge in [-0.05, 0) is 45.6 Å². The van der Waals surface area contributed by atoms with Gasteiger partial charge in [0.2, 0.25) is 23.6 Å². The topological polar surface area (TPSA) is 240 Å². The predicted molar refractivity (Wildman–Crippen MR) is 184 cm³/mol. The van der Waals surface area contributed by atoms with Crippen molar-refractivity contribution in [2.75, 3.05) is 20.1 Å². The second-order valence-corrected chi connectivity index (χ2v) is 12.4. The van der Waals surface area contributed by atoms with Gasteiger partial charge in [-0.1, -0.05) is 71.1 Å². The zero-order valence-corrected chi connectivity index (χ0v) is 29.5. The van der Waals surface area contributed by atoms with Crippen molar-refractivity contribution in [1.82, 2.24) is 26.6 Å². The number of amides is 4. The number of likely N-dealkylation sites (N-methyl/N-ethyl adjacent to an activating group) is 1. The molecule has 0 spiro atoms. The molecule has 15 nitrogen and oxygen atoms in total. The fraction of sp³-hybridized carbons (Fsp3) is 0.794. The Labute approximate surface area is 290 Å². The first-order chi connectivity index (χ1) is 23.4. The second kappa shape index (κ2) is 29.2. The molecule has 4 amide bonds. The smallest absolute Gasteiger partial charge is 0.303 e. The highest BCUT2D eigenvalue weighted by molar-refractivity contribution is 5.93. The van der Waals surface area contributed by atoms with Crippen LogP contribution in [-0.4, -0.2) is 95.1 Å². The Balaban J connectivity index is 4.65. The Kier molecular flexibility index (Phi) is 27.0. The van der Waals surface area contributed by atoms with Gasteiger partial charge in [0, 0.05) is 38.8 Å². The first-order valence-electron chi connectivity index (χ1n) is 17.9. The van der Waals surface area contributed by atoms with Crippen LogP contribution in [0.25, 0.3) is 0 Å². The lowest BCUT2D eigenvalue weighted by Crippen LogP contribution is -2.56. The molecule has 0 aromatic rings. The average Bonchev–Trinajstić information content (AvgIpc) is 3.04. The summed E-state index contributed by atoms with van der Waals surface area (Å²) in [4.78, 5) is 84.1. The molecule has 15 heteroatoms. The van der Waals surface area contributed by atoms with Gasteiger partial charge < -0.3 is 41.9 Å². The lowest BCUT2D eigenvalue weighted by Gasteiger charge is -2.24. The van der Waals surface area contributed by atoms with Crippen LogP contribution in [-0.2, 0) is 33.6 Å². The SMILES string of the molecule is CCCCCCCCCCCC(=O)NCCCCCCNC(=O)C(CCC(=O)O)NC(=O)C(CCC(=O)O)NC(=O)C(CCC(=O)O)NC. The van der Waals surface area contributed by atoms with Gasteiger partial charge in [-0.15, -0.1) is 0 Å². The van der Waals surface area contributed by atoms with Crippen molar-refractivity contribution in [1.29, 1.82) is 0 Å². The van der Waals surface area contributed by atoms with Gasteiger partial charge in [-0.3, -0.25) is 33.6 Å². The Morgan fingerprint density at radius 2 is 0.857 bits per heavy atom. The number of carbonyl (C=O) groups is 7. The molecule has 0 bridgehead atoms. The van der Waals surface area contributed by atoms with Gasteiger partial charge in [0.15, 0.2) is 0 Å². The van der Waals surface area contributed by atoms with Crippen molar-refractivity contribution < 1.29 is 48.9 Å². The van der Waals surface area contributed by atoms with Gasteiger partial charge in [0.1, 0.15) is 12.1 Å². The third-order valence-corrected chi connectivity index (χ3v) is 8.10. The lowest BCUT2D eigenvalue weighted by molar-refractivity contribution is -0.140. The Morgan fingerprint density at radius 1 is 0.469 bits per heavy atom. The number of unbranched alkanes of at least 4 members (excludes halogenated alkanes) is 11. The van der Waals surface area contributed by atoms with Crippen LogP contribution in [0.15, 0.2) is 0 Å². The molecule has 282 valence electrons. The molecule has 0 fully saturated rings. The molecule has 3 atom stereocenters. The van der Waals surface area contributed by atoms with Crippen molar-refractivity contribution >= 4 is 41.5 Å². The maximum atomic E-state index is 13.1. The molecular formula is C34H61N5O10. The molecule has 8 N–H and O–H groups in total. The van der Waals surface area contributed by atoms with Gasteiger partial charge in [0.25, 0.3) is 0 Å². The summed E-state index contributed by atoms with van der Waals surface area (Å²) in [6.07, 6.45) is 12.5. The number of carboxylic acid groups (broad SMARTS) is 3. The quantitative estimate of drug-likeness (QED) is 0.0475. The second-order valence-electron chi connectivity index (χ2n) is 12.4. The van der Waals surface area contributed by atoms with E-state index >= 15 is 0 Å². The Bertz CT molecular complexity index is 1010. The third kappa shape index (κ3) is 25.9. The molecule has 0 aromatic carbocycles. The van der Waals surface area contributed by atoms with Crippen LogP contribution in [0, 0.1) is 0 Å². The highest BCUT2D eigenvalue weighted by atomic mass is 16.4. The van der Waals surface area contributed by atoms with Gasteiger partial charge in [0.05, 0.1) is 6.04 Å². The van der Waals surface area contributed by atoms with E-state index in [0.717, 1.165) is 32.1 Å². The minimum atomic E-state index is -1.37. The molecular weight excluding hydrogens is 638 g/mol. The Hall–Kier alpha value is -3.75. The minimum Gasteiger partial charge on any atom is -0.481 e. The fourth-order valence-electron chi connectivity index (χ4n) is 5.14. The minimum absolute atomic E-state index is 0.0643. The van der Waals surface area contributed by atoms with Crippen molar-refractivity contribution in [2.24, 2.45) is 0 Å². The van der Waals surface area contributed by atoms with Crippen molar-refractivity contribution in [2.45, 2.75) is 153 Å². The van der Waals surface area contributed by atoms with Crippen molar-refractivity contribution in [3.8, 4) is 0 Å². The summed E-state index contributed by atoms with van der Waals surface area (Å²) in [6.45, 7) is 3.07. The number of rotatable bonds is 32. The van der Waals surface area contributed by atoms with Gasteiger partial charge in [-0.25, -0.2) is 0 Å². The van der Waals surface area contributed by atoms with Crippen LogP contribution in [0.2, 0.25) is 0 Å². The summed E-state index contributed by atoms with van der Waals surface area (Å²) in [5.41, 5.74) is 0. The van der Waals surface area contributed by atoms with Crippen molar-refractivity contribution in [3.63, 3.8) is 0 Å². The normalized spacial score (nSPS) is 12.7. The molecule has 0 saturated carbocycles. The number of carbonyl (C=O) groups excluding carboxylic acids is 4. The van der Waals surface area contributed by atoms with E-state index in [2.05, 4.69) is 33.5 Å². The van der Waals surface area contributed by atoms with Crippen LogP contribution in [0.3, 0.4) is 0 Å². The van der Waals surface area contributed by atoms with E-state index in [1.165, 1.54) is 52.0 Å². The number of aliphatic carboxylic acids is 3. The van der Waals surface area contributed by atoms with E-state index < -0.39 is 66.6 Å². The number of nitrogens with one attached hydrogen (secondary N) is 5. The standard InChI is InChI=1S/C34H61N5O10/c1-3-4-5-6-7-8-9-10-13-16-28(40)36-23-14-11-12-15-24-37-32(47)26(18-21-30(43)44)38-34(49)27(19-22-31(45)46)39-33(48)25(35-2)17-20-29(41)42/h25-27,35H,3-24H2,1-2H3,(H,36,40)(H,37,47)(H,38,49)(H,39,48)(H,41,42)(H,43,44)(H,45,46). The van der Waals surface area contributed by atoms with Gasteiger partial charge >= 0.3 is 17.9 Å². The molecule has 0 saturated heterocycles. The first-order valence-corrected chi connectivity index (χ1v) is 17.9. The van der Waals surface area contributed by atoms with E-state index in [-0.39, 0.29) is 38.1 Å². The lowest BCUT2D eigenvalue weighted by atomic mass is 10.1. The van der Waals surface area contributed by atoms with Crippen LogP contribution in [0.5, 0.6) is 0 Å². The summed E-state index contributed by atoms with van der Waals surface area (Å²) < 4.78 is 0. The van der Waals surface area contributed by atoms with Crippen LogP contribution in [0.4, 0.5) is 0 Å². The third-order valence-electron chi connectivity index (χ3n) is 8.10. The zero-order chi connectivity index (χ0) is 36.9. The molecule has 0 radical (unpaired) electrons. The number of hydrogen-bond acceptors (Lipinski definition) is 8. The molecule has 0 aliphatic rings. The maximum absolute atomic E-state index is 13.1. The maximum Gasteiger partial charge on any atom is 0.303 e. The predicted octanol–water partition coefficient (Wildman–Crippen LogP) is 2.85. The summed E-state index contributed by atoms with van der Waals surface area (Å²) >= 11 is 0. The highest BCUT2D eigenvalue weighted by Crippen LogP contribution is 2.11. The van der Waals surface area contributed by atoms with E-state index in [1.54, 1.807) is 0 Å². The van der Waals surface area contributed by atoms with E-state index in [9.17, 15) is 33.6 Å². The van der Waals surface area contributed by atoms with E-state index in [1.807, 2.05) is 0 Å². The average molecular weight is 700 g/mol. The summed E-state index contributed by atoms with van der Waals surface area (Å²) in [7, 11) is 1.43. The van der Waals surface area contributed by atoms with Crippen LogP contribution in [0.1, 0.15) is 135 Å². The molecule has 0 aromatic heterocycles. The largest absolute Gasteiger partial charge is 0.481 e. The first kappa shape index (κ1) is 45.2. The summed E-state index contributed by atoms with van der Waals surface area (Å²) in [6, 6.07) is -3.58. The Morgan fingerprint density at radius 3 is 1.33 bits per heavy atom. The van der Waals surface area contributed by atoms with E-state index in [4.69, 9.17) is 15.3 Å². The number of hydrogen-bond donors (Lipinski definition) is 8. The van der Waals surface area contributed by atoms with Crippen LogP contribution >= 0.6 is 0 Å². The number of carboxylic acids is 3. The van der Waals surface area contributed by atoms with Gasteiger partial charge in [-0.2, -0.15) is 0 Å².